The molecule has 3 aromatic rings. The minimum Gasteiger partial charge on any atom is -0.348 e. The van der Waals surface area contributed by atoms with Crippen LogP contribution in [0.5, 0.6) is 0 Å². The first-order valence-corrected chi connectivity index (χ1v) is 13.1. The highest BCUT2D eigenvalue weighted by Gasteiger charge is 2.35. The number of hydrogen-bond acceptors (Lipinski definition) is 3. The fraction of sp³-hybridized carbons (Fsp3) is 0.370. The van der Waals surface area contributed by atoms with Crippen LogP contribution in [0.1, 0.15) is 57.3 Å². The van der Waals surface area contributed by atoms with Crippen molar-refractivity contribution in [2.45, 2.75) is 65.6 Å². The smallest absolute Gasteiger partial charge is 0.348 e. The zero-order valence-electron chi connectivity index (χ0n) is 21.3. The third-order valence-electron chi connectivity index (χ3n) is 6.22. The average Bonchev–Trinajstić information content (AvgIpc) is 3.04. The SMILES string of the molecule is CCCn1c(C)cc(C(=O)CN(c2cccc(C(F)(F)F)c2)S(=O)(=O)c2c(C)cc(C)cc2C)c1C. The van der Waals surface area contributed by atoms with E-state index in [1.165, 1.54) is 6.07 Å². The van der Waals surface area contributed by atoms with Crippen LogP contribution < -0.4 is 4.31 Å². The summed E-state index contributed by atoms with van der Waals surface area (Å²) in [6.07, 6.45) is -3.82. The summed E-state index contributed by atoms with van der Waals surface area (Å²) in [6, 6.07) is 9.16. The highest BCUT2D eigenvalue weighted by Crippen LogP contribution is 2.35. The molecular weight excluding hydrogens is 489 g/mol. The number of aromatic nitrogens is 1. The van der Waals surface area contributed by atoms with Crippen LogP contribution in [-0.2, 0) is 22.7 Å². The van der Waals surface area contributed by atoms with Crippen LogP contribution >= 0.6 is 0 Å². The molecule has 2 aromatic carbocycles. The van der Waals surface area contributed by atoms with Crippen LogP contribution in [0.15, 0.2) is 47.4 Å². The predicted molar refractivity (Wildman–Crippen MR) is 135 cm³/mol. The maximum atomic E-state index is 14.0. The molecule has 0 atom stereocenters. The van der Waals surface area contributed by atoms with Gasteiger partial charge in [0.15, 0.2) is 5.78 Å². The summed E-state index contributed by atoms with van der Waals surface area (Å²) < 4.78 is 71.1. The molecule has 1 aromatic heterocycles. The van der Waals surface area contributed by atoms with Crippen LogP contribution in [0.2, 0.25) is 0 Å². The molecule has 36 heavy (non-hydrogen) atoms. The molecule has 0 N–H and O–H groups in total. The Labute approximate surface area is 210 Å². The third kappa shape index (κ3) is 5.36. The highest BCUT2D eigenvalue weighted by molar-refractivity contribution is 7.93. The van der Waals surface area contributed by atoms with Gasteiger partial charge in [-0.3, -0.25) is 9.10 Å². The molecule has 1 heterocycles. The van der Waals surface area contributed by atoms with Crippen LogP contribution in [-0.4, -0.2) is 25.3 Å². The summed E-state index contributed by atoms with van der Waals surface area (Å²) in [7, 11) is -4.39. The van der Waals surface area contributed by atoms with E-state index in [1.807, 2.05) is 25.3 Å². The molecule has 0 saturated carbocycles. The second-order valence-electron chi connectivity index (χ2n) is 9.15. The summed E-state index contributed by atoms with van der Waals surface area (Å²) in [6.45, 7) is 10.8. The number of hydrogen-bond donors (Lipinski definition) is 0. The Morgan fingerprint density at radius 2 is 1.58 bits per heavy atom. The van der Waals surface area contributed by atoms with E-state index >= 15 is 0 Å². The molecule has 3 rings (SSSR count). The molecule has 0 saturated heterocycles. The van der Waals surface area contributed by atoms with E-state index in [4.69, 9.17) is 0 Å². The lowest BCUT2D eigenvalue weighted by Gasteiger charge is -2.26. The lowest BCUT2D eigenvalue weighted by molar-refractivity contribution is -0.137. The second kappa shape index (κ2) is 10.1. The van der Waals surface area contributed by atoms with E-state index in [2.05, 4.69) is 0 Å². The average molecular weight is 521 g/mol. The molecule has 5 nitrogen and oxygen atoms in total. The number of benzene rings is 2. The maximum Gasteiger partial charge on any atom is 0.416 e. The van der Waals surface area contributed by atoms with Crippen molar-refractivity contribution in [1.82, 2.24) is 4.57 Å². The lowest BCUT2D eigenvalue weighted by atomic mass is 10.1. The minimum atomic E-state index is -4.67. The number of carbonyl (C=O) groups excluding carboxylic acids is 1. The van der Waals surface area contributed by atoms with E-state index in [9.17, 15) is 26.4 Å². The van der Waals surface area contributed by atoms with Gasteiger partial charge in [-0.1, -0.05) is 30.7 Å². The number of ketones is 1. The Morgan fingerprint density at radius 3 is 2.14 bits per heavy atom. The molecule has 0 amide bonds. The Hall–Kier alpha value is -3.07. The third-order valence-corrected chi connectivity index (χ3v) is 8.30. The number of alkyl halides is 3. The topological polar surface area (TPSA) is 59.4 Å². The zero-order chi connectivity index (χ0) is 27.0. The predicted octanol–water partition coefficient (Wildman–Crippen LogP) is 6.54. The number of sulfonamides is 1. The first kappa shape index (κ1) is 27.5. The highest BCUT2D eigenvalue weighted by atomic mass is 32.2. The van der Waals surface area contributed by atoms with Crippen molar-refractivity contribution in [2.24, 2.45) is 0 Å². The van der Waals surface area contributed by atoms with Gasteiger partial charge in [-0.2, -0.15) is 13.2 Å². The van der Waals surface area contributed by atoms with E-state index in [-0.39, 0.29) is 10.6 Å². The van der Waals surface area contributed by atoms with Gasteiger partial charge in [0, 0.05) is 23.5 Å². The van der Waals surface area contributed by atoms with Gasteiger partial charge in [0.05, 0.1) is 22.7 Å². The van der Waals surface area contributed by atoms with Crippen LogP contribution in [0.25, 0.3) is 0 Å². The number of anilines is 1. The van der Waals surface area contributed by atoms with Crippen molar-refractivity contribution in [2.75, 3.05) is 10.8 Å². The van der Waals surface area contributed by atoms with E-state index in [0.717, 1.165) is 40.2 Å². The molecular formula is C27H31F3N2O3S. The van der Waals surface area contributed by atoms with Gasteiger partial charge in [-0.25, -0.2) is 8.42 Å². The summed E-state index contributed by atoms with van der Waals surface area (Å²) in [5, 5.41) is 0. The fourth-order valence-electron chi connectivity index (χ4n) is 4.70. The first-order valence-electron chi connectivity index (χ1n) is 11.7. The molecule has 0 unspecified atom stereocenters. The van der Waals surface area contributed by atoms with Crippen molar-refractivity contribution in [3.63, 3.8) is 0 Å². The van der Waals surface area contributed by atoms with Gasteiger partial charge in [0.1, 0.15) is 0 Å². The quantitative estimate of drug-likeness (QED) is 0.317. The number of rotatable bonds is 8. The Kier molecular flexibility index (Phi) is 7.74. The molecule has 194 valence electrons. The fourth-order valence-corrected chi connectivity index (χ4v) is 6.53. The Bertz CT molecular complexity index is 1380. The Balaban J connectivity index is 2.18. The second-order valence-corrected chi connectivity index (χ2v) is 10.9. The van der Waals surface area contributed by atoms with Crippen molar-refractivity contribution < 1.29 is 26.4 Å². The molecule has 0 bridgehead atoms. The van der Waals surface area contributed by atoms with Gasteiger partial charge in [0.2, 0.25) is 0 Å². The zero-order valence-corrected chi connectivity index (χ0v) is 22.1. The monoisotopic (exact) mass is 520 g/mol. The van der Waals surface area contributed by atoms with Crippen LogP contribution in [0.3, 0.4) is 0 Å². The molecule has 0 spiro atoms. The number of aryl methyl sites for hydroxylation is 4. The van der Waals surface area contributed by atoms with Crippen molar-refractivity contribution in [3.8, 4) is 0 Å². The lowest BCUT2D eigenvalue weighted by Crippen LogP contribution is -2.37. The molecule has 0 radical (unpaired) electrons. The number of carbonyl (C=O) groups is 1. The van der Waals surface area contributed by atoms with E-state index < -0.39 is 34.1 Å². The van der Waals surface area contributed by atoms with Gasteiger partial charge >= 0.3 is 6.18 Å². The van der Waals surface area contributed by atoms with Gasteiger partial charge in [-0.05, 0) is 76.4 Å². The number of nitrogens with zero attached hydrogens (tertiary/aromatic N) is 2. The maximum absolute atomic E-state index is 14.0. The largest absolute Gasteiger partial charge is 0.416 e. The normalized spacial score (nSPS) is 12.1. The molecule has 0 aliphatic carbocycles. The van der Waals surface area contributed by atoms with Crippen molar-refractivity contribution in [1.29, 1.82) is 0 Å². The molecule has 0 aliphatic heterocycles. The molecule has 0 fully saturated rings. The summed E-state index contributed by atoms with van der Waals surface area (Å²) in [5.74, 6) is -0.492. The summed E-state index contributed by atoms with van der Waals surface area (Å²) >= 11 is 0. The summed E-state index contributed by atoms with van der Waals surface area (Å²) in [5.41, 5.74) is 2.46. The van der Waals surface area contributed by atoms with Crippen molar-refractivity contribution in [3.05, 3.63) is 81.7 Å². The summed E-state index contributed by atoms with van der Waals surface area (Å²) in [4.78, 5) is 13.4. The first-order chi connectivity index (χ1) is 16.7. The van der Waals surface area contributed by atoms with Gasteiger partial charge in [-0.15, -0.1) is 0 Å². The standard InChI is InChI=1S/C27H31F3N2O3S/c1-7-11-31-20(5)14-24(21(31)6)25(33)16-32(23-10-8-9-22(15-23)27(28,29)30)36(34,35)26-18(3)12-17(2)13-19(26)4/h8-10,12-15H,7,11,16H2,1-6H3. The van der Waals surface area contributed by atoms with Gasteiger partial charge in [0.25, 0.3) is 10.0 Å². The van der Waals surface area contributed by atoms with Gasteiger partial charge < -0.3 is 4.57 Å². The van der Waals surface area contributed by atoms with Crippen LogP contribution in [0, 0.1) is 34.6 Å². The molecule has 9 heteroatoms. The van der Waals surface area contributed by atoms with Crippen LogP contribution in [0.4, 0.5) is 18.9 Å². The van der Waals surface area contributed by atoms with Crippen molar-refractivity contribution >= 4 is 21.5 Å². The molecule has 0 aliphatic rings. The number of halogens is 3. The Morgan fingerprint density at radius 1 is 0.972 bits per heavy atom. The van der Waals surface area contributed by atoms with E-state index in [0.29, 0.717) is 28.9 Å². The number of Topliss-reactive ketones (excluding diaryl/α,β-unsaturated/α-hetero) is 1. The van der Waals surface area contributed by atoms with E-state index in [1.54, 1.807) is 39.0 Å². The minimum absolute atomic E-state index is 0.0187.